The molecule has 0 spiro atoms. The number of carboxylic acid groups (broad SMARTS) is 2. The van der Waals surface area contributed by atoms with Crippen LogP contribution in [0.4, 0.5) is 4.79 Å². The van der Waals surface area contributed by atoms with Crippen molar-refractivity contribution < 1.29 is 24.6 Å². The zero-order valence-corrected chi connectivity index (χ0v) is 7.64. The van der Waals surface area contributed by atoms with Gasteiger partial charge in [-0.1, -0.05) is 0 Å². The van der Waals surface area contributed by atoms with Crippen LogP contribution in [0.1, 0.15) is 13.3 Å². The number of amides is 1. The van der Waals surface area contributed by atoms with Gasteiger partial charge in [0.1, 0.15) is 5.92 Å². The van der Waals surface area contributed by atoms with E-state index in [-0.39, 0.29) is 13.0 Å². The molecule has 6 nitrogen and oxygen atoms in total. The number of hydrogen-bond donors (Lipinski definition) is 2. The number of ketones is 1. The van der Waals surface area contributed by atoms with Crippen molar-refractivity contribution in [3.8, 4) is 0 Å². The highest BCUT2D eigenvalue weighted by Gasteiger charge is 2.38. The maximum atomic E-state index is 11.2. The van der Waals surface area contributed by atoms with Crippen LogP contribution in [0, 0.1) is 5.92 Å². The van der Waals surface area contributed by atoms with Crippen molar-refractivity contribution in [1.82, 2.24) is 4.90 Å². The molecule has 1 saturated heterocycles. The molecule has 0 bridgehead atoms. The highest BCUT2D eigenvalue weighted by atomic mass is 16.4. The summed E-state index contributed by atoms with van der Waals surface area (Å²) in [4.78, 5) is 33.5. The van der Waals surface area contributed by atoms with Gasteiger partial charge in [0.2, 0.25) is 0 Å². The van der Waals surface area contributed by atoms with Crippen molar-refractivity contribution in [3.63, 3.8) is 0 Å². The van der Waals surface area contributed by atoms with E-state index in [0.29, 0.717) is 0 Å². The summed E-state index contributed by atoms with van der Waals surface area (Å²) in [6, 6.07) is -0.435. The number of likely N-dealkylation sites (tertiary alicyclic amines) is 1. The van der Waals surface area contributed by atoms with Gasteiger partial charge in [-0.05, 0) is 6.92 Å². The van der Waals surface area contributed by atoms with Crippen molar-refractivity contribution in [2.75, 3.05) is 6.54 Å². The normalized spacial score (nSPS) is 27.5. The Kier molecular flexibility index (Phi) is 2.73. The quantitative estimate of drug-likeness (QED) is 0.583. The Hall–Kier alpha value is -1.59. The molecule has 1 heterocycles. The second-order valence-electron chi connectivity index (χ2n) is 3.35. The largest absolute Gasteiger partial charge is 0.481 e. The summed E-state index contributed by atoms with van der Waals surface area (Å²) in [6.45, 7) is 1.34. The Morgan fingerprint density at radius 2 is 2.00 bits per heavy atom. The molecule has 78 valence electrons. The summed E-state index contributed by atoms with van der Waals surface area (Å²) in [6.07, 6.45) is -1.21. The van der Waals surface area contributed by atoms with Crippen molar-refractivity contribution in [1.29, 1.82) is 0 Å². The molecule has 2 atom stereocenters. The molecule has 6 heteroatoms. The number of carboxylic acids is 1. The summed E-state index contributed by atoms with van der Waals surface area (Å²) in [5.74, 6) is -2.86. The van der Waals surface area contributed by atoms with E-state index in [9.17, 15) is 14.4 Å². The fourth-order valence-electron chi connectivity index (χ4n) is 1.50. The van der Waals surface area contributed by atoms with E-state index in [4.69, 9.17) is 10.2 Å². The molecule has 1 unspecified atom stereocenters. The third-order valence-corrected chi connectivity index (χ3v) is 2.34. The summed E-state index contributed by atoms with van der Waals surface area (Å²) in [7, 11) is 0. The van der Waals surface area contributed by atoms with Crippen molar-refractivity contribution >= 4 is 17.8 Å². The van der Waals surface area contributed by atoms with E-state index < -0.39 is 29.8 Å². The zero-order chi connectivity index (χ0) is 10.9. The second-order valence-corrected chi connectivity index (χ2v) is 3.35. The van der Waals surface area contributed by atoms with Gasteiger partial charge in [-0.25, -0.2) is 4.79 Å². The van der Waals surface area contributed by atoms with E-state index >= 15 is 0 Å². The molecule has 1 rings (SSSR count). The van der Waals surface area contributed by atoms with Crippen LogP contribution in [-0.2, 0) is 9.59 Å². The summed E-state index contributed by atoms with van der Waals surface area (Å²) in [5.41, 5.74) is 0. The van der Waals surface area contributed by atoms with Crippen LogP contribution >= 0.6 is 0 Å². The van der Waals surface area contributed by atoms with Gasteiger partial charge in [-0.2, -0.15) is 0 Å². The predicted octanol–water partition coefficient (Wildman–Crippen LogP) is 0.0285. The molecule has 0 radical (unpaired) electrons. The molecule has 2 N–H and O–H groups in total. The number of aliphatic carboxylic acids is 1. The van der Waals surface area contributed by atoms with E-state index in [2.05, 4.69) is 0 Å². The second kappa shape index (κ2) is 3.65. The number of carbonyl (C=O) groups is 3. The van der Waals surface area contributed by atoms with Gasteiger partial charge >= 0.3 is 12.1 Å². The number of piperidine rings is 1. The first-order valence-electron chi connectivity index (χ1n) is 4.18. The summed E-state index contributed by atoms with van der Waals surface area (Å²) < 4.78 is 0. The number of rotatable bonds is 1. The van der Waals surface area contributed by atoms with Crippen molar-refractivity contribution in [2.45, 2.75) is 19.4 Å². The first kappa shape index (κ1) is 10.5. The van der Waals surface area contributed by atoms with Gasteiger partial charge in [-0.3, -0.25) is 9.59 Å². The standard InChI is InChI=1S/C8H11NO5/c1-4-2-6(10)5(7(11)12)3-9(4)8(13)14/h4-5H,2-3H2,1H3,(H,11,12)(H,13,14)/t4-,5?/m0/s1. The van der Waals surface area contributed by atoms with Crippen LogP contribution in [-0.4, -0.2) is 45.5 Å². The molecular weight excluding hydrogens is 190 g/mol. The molecule has 0 aromatic rings. The van der Waals surface area contributed by atoms with Crippen molar-refractivity contribution in [2.24, 2.45) is 5.92 Å². The fraction of sp³-hybridized carbons (Fsp3) is 0.625. The first-order valence-corrected chi connectivity index (χ1v) is 4.18. The minimum absolute atomic E-state index is 0.0245. The van der Waals surface area contributed by atoms with E-state index in [1.54, 1.807) is 6.92 Å². The Balaban J connectivity index is 2.80. The molecule has 14 heavy (non-hydrogen) atoms. The Labute approximate surface area is 80.1 Å². The van der Waals surface area contributed by atoms with E-state index in [0.717, 1.165) is 4.90 Å². The number of carbonyl (C=O) groups excluding carboxylic acids is 1. The lowest BCUT2D eigenvalue weighted by Crippen LogP contribution is -2.50. The average molecular weight is 201 g/mol. The van der Waals surface area contributed by atoms with Crippen molar-refractivity contribution in [3.05, 3.63) is 0 Å². The lowest BCUT2D eigenvalue weighted by molar-refractivity contribution is -0.149. The lowest BCUT2D eigenvalue weighted by Gasteiger charge is -2.33. The summed E-state index contributed by atoms with van der Waals surface area (Å²) >= 11 is 0. The Morgan fingerprint density at radius 3 is 2.43 bits per heavy atom. The van der Waals surface area contributed by atoms with Gasteiger partial charge in [0.05, 0.1) is 0 Å². The molecule has 0 aromatic heterocycles. The highest BCUT2D eigenvalue weighted by molar-refractivity contribution is 5.99. The zero-order valence-electron chi connectivity index (χ0n) is 7.64. The molecule has 0 saturated carbocycles. The SMILES string of the molecule is C[C@H]1CC(=O)C(C(=O)O)CN1C(=O)O. The molecule has 1 amide bonds. The van der Waals surface area contributed by atoms with E-state index in [1.807, 2.05) is 0 Å². The topological polar surface area (TPSA) is 94.9 Å². The van der Waals surface area contributed by atoms with Gasteiger partial charge in [0.25, 0.3) is 0 Å². The van der Waals surface area contributed by atoms with Gasteiger partial charge in [-0.15, -0.1) is 0 Å². The average Bonchev–Trinajstić information content (AvgIpc) is 2.02. The van der Waals surface area contributed by atoms with Crippen LogP contribution in [0.25, 0.3) is 0 Å². The fourth-order valence-corrected chi connectivity index (χ4v) is 1.50. The van der Waals surface area contributed by atoms with Gasteiger partial charge in [0.15, 0.2) is 5.78 Å². The third-order valence-electron chi connectivity index (χ3n) is 2.34. The molecule has 1 aliphatic rings. The van der Waals surface area contributed by atoms with Crippen LogP contribution in [0.2, 0.25) is 0 Å². The van der Waals surface area contributed by atoms with Crippen LogP contribution in [0.15, 0.2) is 0 Å². The maximum Gasteiger partial charge on any atom is 0.407 e. The minimum Gasteiger partial charge on any atom is -0.481 e. The van der Waals surface area contributed by atoms with E-state index in [1.165, 1.54) is 0 Å². The third kappa shape index (κ3) is 1.84. The number of Topliss-reactive ketones (excluding diaryl/α,β-unsaturated/α-hetero) is 1. The van der Waals surface area contributed by atoms with Gasteiger partial charge in [0, 0.05) is 19.0 Å². The molecule has 1 aliphatic heterocycles. The van der Waals surface area contributed by atoms with Crippen LogP contribution in [0.5, 0.6) is 0 Å². The molecular formula is C8H11NO5. The monoisotopic (exact) mass is 201 g/mol. The number of hydrogen-bond acceptors (Lipinski definition) is 3. The maximum absolute atomic E-state index is 11.2. The van der Waals surface area contributed by atoms with Crippen LogP contribution in [0.3, 0.4) is 0 Å². The van der Waals surface area contributed by atoms with Crippen LogP contribution < -0.4 is 0 Å². The molecule has 1 fully saturated rings. The minimum atomic E-state index is -1.26. The Morgan fingerprint density at radius 1 is 1.43 bits per heavy atom. The predicted molar refractivity (Wildman–Crippen MR) is 44.9 cm³/mol. The number of nitrogens with zero attached hydrogens (tertiary/aromatic N) is 1. The summed E-state index contributed by atoms with van der Waals surface area (Å²) in [5, 5.41) is 17.4. The Bertz CT molecular complexity index is 287. The highest BCUT2D eigenvalue weighted by Crippen LogP contribution is 2.19. The lowest BCUT2D eigenvalue weighted by atomic mass is 9.92. The smallest absolute Gasteiger partial charge is 0.407 e. The molecule has 0 aliphatic carbocycles. The molecule has 0 aromatic carbocycles. The first-order chi connectivity index (χ1) is 6.43. The van der Waals surface area contributed by atoms with Gasteiger partial charge < -0.3 is 15.1 Å².